The van der Waals surface area contributed by atoms with E-state index in [4.69, 9.17) is 9.05 Å². The minimum atomic E-state index is -3.12. The molecule has 1 aliphatic rings. The second kappa shape index (κ2) is 6.64. The van der Waals surface area contributed by atoms with Crippen LogP contribution in [-0.2, 0) is 18.4 Å². The van der Waals surface area contributed by atoms with E-state index in [1.165, 1.54) is 27.6 Å². The molecule has 0 N–H and O–H groups in total. The van der Waals surface area contributed by atoms with Gasteiger partial charge in [-0.3, -0.25) is 14.3 Å². The number of carbonyl (C=O) groups is 1. The molecular formula is C11H22NO4P. The van der Waals surface area contributed by atoms with Crippen molar-refractivity contribution in [3.8, 4) is 0 Å². The molecule has 1 heterocycles. The van der Waals surface area contributed by atoms with Gasteiger partial charge in [-0.2, -0.15) is 0 Å². The van der Waals surface area contributed by atoms with Crippen LogP contribution in [0.2, 0.25) is 0 Å². The molecule has 0 bridgehead atoms. The molecule has 1 atom stereocenters. The maximum absolute atomic E-state index is 12.1. The molecule has 1 saturated heterocycles. The molecule has 0 amide bonds. The molecule has 6 heteroatoms. The summed E-state index contributed by atoms with van der Waals surface area (Å²) in [5.74, 6) is 0.0289. The SMILES string of the molecule is COP(=O)(CC(C(C)=O)N1CCCCC1)OC. The molecule has 1 rings (SSSR count). The van der Waals surface area contributed by atoms with Crippen molar-refractivity contribution in [3.63, 3.8) is 0 Å². The van der Waals surface area contributed by atoms with Gasteiger partial charge in [0.2, 0.25) is 0 Å². The Kier molecular flexibility index (Phi) is 5.80. The highest BCUT2D eigenvalue weighted by atomic mass is 31.2. The van der Waals surface area contributed by atoms with E-state index in [1.54, 1.807) is 0 Å². The van der Waals surface area contributed by atoms with Crippen molar-refractivity contribution in [2.24, 2.45) is 0 Å². The predicted molar refractivity (Wildman–Crippen MR) is 66.4 cm³/mol. The van der Waals surface area contributed by atoms with Crippen LogP contribution in [0.25, 0.3) is 0 Å². The van der Waals surface area contributed by atoms with E-state index in [-0.39, 0.29) is 18.0 Å². The van der Waals surface area contributed by atoms with E-state index in [2.05, 4.69) is 4.90 Å². The predicted octanol–water partition coefficient (Wildman–Crippen LogP) is 1.92. The summed E-state index contributed by atoms with van der Waals surface area (Å²) >= 11 is 0. The molecule has 0 aliphatic carbocycles. The Balaban J connectivity index is 2.71. The van der Waals surface area contributed by atoms with E-state index in [1.807, 2.05) is 0 Å². The fraction of sp³-hybridized carbons (Fsp3) is 0.909. The number of ketones is 1. The number of piperidine rings is 1. The van der Waals surface area contributed by atoms with Gasteiger partial charge in [0.25, 0.3) is 0 Å². The highest BCUT2D eigenvalue weighted by molar-refractivity contribution is 7.53. The Bertz CT molecular complexity index is 294. The second-order valence-electron chi connectivity index (χ2n) is 4.38. The van der Waals surface area contributed by atoms with Crippen LogP contribution in [-0.4, -0.2) is 50.2 Å². The Morgan fingerprint density at radius 1 is 1.24 bits per heavy atom. The van der Waals surface area contributed by atoms with E-state index in [0.717, 1.165) is 25.9 Å². The molecule has 17 heavy (non-hydrogen) atoms. The van der Waals surface area contributed by atoms with Crippen molar-refractivity contribution in [2.45, 2.75) is 32.2 Å². The lowest BCUT2D eigenvalue weighted by Gasteiger charge is -2.34. The summed E-state index contributed by atoms with van der Waals surface area (Å²) in [5.41, 5.74) is 0. The van der Waals surface area contributed by atoms with Crippen molar-refractivity contribution in [1.29, 1.82) is 0 Å². The number of nitrogens with zero attached hydrogens (tertiary/aromatic N) is 1. The summed E-state index contributed by atoms with van der Waals surface area (Å²) in [6.45, 7) is 3.31. The van der Waals surface area contributed by atoms with Crippen LogP contribution >= 0.6 is 7.60 Å². The number of likely N-dealkylation sites (tertiary alicyclic amines) is 1. The van der Waals surface area contributed by atoms with Crippen molar-refractivity contribution >= 4 is 13.4 Å². The number of carbonyl (C=O) groups excluding carboxylic acids is 1. The van der Waals surface area contributed by atoms with Gasteiger partial charge >= 0.3 is 7.60 Å². The van der Waals surface area contributed by atoms with Gasteiger partial charge in [0.05, 0.1) is 12.2 Å². The van der Waals surface area contributed by atoms with Gasteiger partial charge in [0.1, 0.15) is 5.78 Å². The van der Waals surface area contributed by atoms with Crippen LogP contribution in [0.5, 0.6) is 0 Å². The zero-order valence-corrected chi connectivity index (χ0v) is 11.7. The molecule has 0 spiro atoms. The van der Waals surface area contributed by atoms with E-state index in [9.17, 15) is 9.36 Å². The molecule has 1 unspecified atom stereocenters. The lowest BCUT2D eigenvalue weighted by atomic mass is 10.1. The molecule has 0 aromatic carbocycles. The average molecular weight is 263 g/mol. The molecule has 1 fully saturated rings. The largest absolute Gasteiger partial charge is 0.332 e. The molecule has 5 nitrogen and oxygen atoms in total. The Morgan fingerprint density at radius 2 is 1.76 bits per heavy atom. The van der Waals surface area contributed by atoms with Crippen LogP contribution in [0.15, 0.2) is 0 Å². The van der Waals surface area contributed by atoms with Gasteiger partial charge in [-0.1, -0.05) is 6.42 Å². The summed E-state index contributed by atoms with van der Waals surface area (Å²) in [6, 6.07) is -0.346. The summed E-state index contributed by atoms with van der Waals surface area (Å²) in [4.78, 5) is 13.8. The summed E-state index contributed by atoms with van der Waals surface area (Å²) in [6.07, 6.45) is 3.53. The third kappa shape index (κ3) is 4.18. The monoisotopic (exact) mass is 263 g/mol. The number of hydrogen-bond acceptors (Lipinski definition) is 5. The Labute approximate surface area is 103 Å². The first-order valence-electron chi connectivity index (χ1n) is 5.97. The molecular weight excluding hydrogens is 241 g/mol. The third-order valence-electron chi connectivity index (χ3n) is 3.25. The Hall–Kier alpha value is -0.220. The Morgan fingerprint density at radius 3 is 2.18 bits per heavy atom. The van der Waals surface area contributed by atoms with E-state index in [0.29, 0.717) is 0 Å². The average Bonchev–Trinajstić information content (AvgIpc) is 2.36. The third-order valence-corrected chi connectivity index (χ3v) is 5.16. The lowest BCUT2D eigenvalue weighted by Crippen LogP contribution is -2.45. The first kappa shape index (κ1) is 14.8. The fourth-order valence-electron chi connectivity index (χ4n) is 2.17. The number of rotatable bonds is 6. The normalized spacial score (nSPS) is 20.2. The van der Waals surface area contributed by atoms with E-state index < -0.39 is 7.60 Å². The lowest BCUT2D eigenvalue weighted by molar-refractivity contribution is -0.121. The van der Waals surface area contributed by atoms with Crippen LogP contribution in [0.1, 0.15) is 26.2 Å². The molecule has 0 aromatic heterocycles. The summed E-state index contributed by atoms with van der Waals surface area (Å²) in [7, 11) is -0.403. The van der Waals surface area contributed by atoms with Gasteiger partial charge in [-0.05, 0) is 32.9 Å². The minimum absolute atomic E-state index is 0.0289. The number of hydrogen-bond donors (Lipinski definition) is 0. The molecule has 0 aromatic rings. The van der Waals surface area contributed by atoms with Crippen molar-refractivity contribution < 1.29 is 18.4 Å². The zero-order valence-electron chi connectivity index (χ0n) is 10.8. The van der Waals surface area contributed by atoms with Crippen LogP contribution in [0.3, 0.4) is 0 Å². The maximum Gasteiger partial charge on any atom is 0.332 e. The standard InChI is InChI=1S/C11H22NO4P/c1-10(13)11(9-17(14,15-2)16-3)12-7-5-4-6-8-12/h11H,4-9H2,1-3H3. The highest BCUT2D eigenvalue weighted by Gasteiger charge is 2.33. The van der Waals surface area contributed by atoms with Gasteiger partial charge in [-0.25, -0.2) is 0 Å². The van der Waals surface area contributed by atoms with Gasteiger partial charge in [0, 0.05) is 14.2 Å². The first-order chi connectivity index (χ1) is 8.02. The highest BCUT2D eigenvalue weighted by Crippen LogP contribution is 2.47. The quantitative estimate of drug-likeness (QED) is 0.685. The van der Waals surface area contributed by atoms with Crippen molar-refractivity contribution in [2.75, 3.05) is 33.5 Å². The second-order valence-corrected chi connectivity index (χ2v) is 6.70. The van der Waals surface area contributed by atoms with Crippen molar-refractivity contribution in [3.05, 3.63) is 0 Å². The molecule has 1 aliphatic heterocycles. The molecule has 100 valence electrons. The van der Waals surface area contributed by atoms with Gasteiger partial charge < -0.3 is 9.05 Å². The van der Waals surface area contributed by atoms with Gasteiger partial charge in [0.15, 0.2) is 0 Å². The van der Waals surface area contributed by atoms with Gasteiger partial charge in [-0.15, -0.1) is 0 Å². The van der Waals surface area contributed by atoms with Crippen molar-refractivity contribution in [1.82, 2.24) is 4.90 Å². The number of Topliss-reactive ketones (excluding diaryl/α,β-unsaturated/α-hetero) is 1. The fourth-order valence-corrected chi connectivity index (χ4v) is 3.53. The molecule has 0 radical (unpaired) electrons. The van der Waals surface area contributed by atoms with Crippen LogP contribution in [0, 0.1) is 0 Å². The topological polar surface area (TPSA) is 55.8 Å². The summed E-state index contributed by atoms with van der Waals surface area (Å²) in [5, 5.41) is 0. The smallest absolute Gasteiger partial charge is 0.312 e. The summed E-state index contributed by atoms with van der Waals surface area (Å²) < 4.78 is 21.9. The molecule has 0 saturated carbocycles. The van der Waals surface area contributed by atoms with Crippen LogP contribution < -0.4 is 0 Å². The maximum atomic E-state index is 12.1. The zero-order chi connectivity index (χ0) is 12.9. The van der Waals surface area contributed by atoms with E-state index >= 15 is 0 Å². The first-order valence-corrected chi connectivity index (χ1v) is 7.70. The minimum Gasteiger partial charge on any atom is -0.312 e. The van der Waals surface area contributed by atoms with Crippen LogP contribution in [0.4, 0.5) is 0 Å².